The van der Waals surface area contributed by atoms with Crippen LogP contribution in [0.3, 0.4) is 0 Å². The zero-order valence-electron chi connectivity index (χ0n) is 13.4. The summed E-state index contributed by atoms with van der Waals surface area (Å²) in [5, 5.41) is 15.3. The number of aromatic nitrogens is 1. The van der Waals surface area contributed by atoms with Gasteiger partial charge in [0.15, 0.2) is 0 Å². The number of hydrogen-bond donors (Lipinski definition) is 3. The fraction of sp³-hybridized carbons (Fsp3) is 0.625. The fourth-order valence-electron chi connectivity index (χ4n) is 2.11. The molecule has 0 spiro atoms. The van der Waals surface area contributed by atoms with E-state index in [-0.39, 0.29) is 18.0 Å². The first-order valence-electron chi connectivity index (χ1n) is 7.41. The van der Waals surface area contributed by atoms with E-state index in [1.807, 2.05) is 26.0 Å². The molecule has 0 aliphatic rings. The summed E-state index contributed by atoms with van der Waals surface area (Å²) >= 11 is 0. The summed E-state index contributed by atoms with van der Waals surface area (Å²) in [6.07, 6.45) is 3.69. The Labute approximate surface area is 127 Å². The van der Waals surface area contributed by atoms with Crippen molar-refractivity contribution in [1.29, 1.82) is 0 Å². The average Bonchev–Trinajstić information content (AvgIpc) is 2.43. The maximum atomic E-state index is 11.8. The zero-order chi connectivity index (χ0) is 15.9. The van der Waals surface area contributed by atoms with E-state index in [1.54, 1.807) is 12.4 Å². The Morgan fingerprint density at radius 3 is 2.48 bits per heavy atom. The van der Waals surface area contributed by atoms with Gasteiger partial charge in [-0.15, -0.1) is 0 Å². The lowest BCUT2D eigenvalue weighted by Gasteiger charge is -2.25. The number of nitrogens with zero attached hydrogens (tertiary/aromatic N) is 1. The Kier molecular flexibility index (Phi) is 6.62. The Morgan fingerprint density at radius 1 is 1.29 bits per heavy atom. The van der Waals surface area contributed by atoms with Gasteiger partial charge in [0.2, 0.25) is 0 Å². The molecule has 1 aromatic rings. The van der Waals surface area contributed by atoms with Gasteiger partial charge in [0.25, 0.3) is 0 Å². The second kappa shape index (κ2) is 7.98. The minimum Gasteiger partial charge on any atom is -0.391 e. The number of carbonyl (C=O) groups is 1. The van der Waals surface area contributed by atoms with Crippen molar-refractivity contribution in [2.75, 3.05) is 13.1 Å². The second-order valence-corrected chi connectivity index (χ2v) is 6.47. The lowest BCUT2D eigenvalue weighted by atomic mass is 9.85. The van der Waals surface area contributed by atoms with Gasteiger partial charge in [-0.1, -0.05) is 27.7 Å². The van der Waals surface area contributed by atoms with Gasteiger partial charge < -0.3 is 15.7 Å². The van der Waals surface area contributed by atoms with E-state index in [4.69, 9.17) is 0 Å². The van der Waals surface area contributed by atoms with Crippen molar-refractivity contribution in [2.24, 2.45) is 5.92 Å². The standard InChI is InChI=1S/C16H27N3O2/c1-12(2)9-14(20)10-18-15(21)19-11-16(3,4)13-5-7-17-8-6-13/h5-8,12,14,20H,9-11H2,1-4H3,(H2,18,19,21). The van der Waals surface area contributed by atoms with E-state index >= 15 is 0 Å². The Balaban J connectivity index is 2.36. The van der Waals surface area contributed by atoms with Gasteiger partial charge in [0.05, 0.1) is 6.10 Å². The molecule has 1 aromatic heterocycles. The van der Waals surface area contributed by atoms with Crippen LogP contribution >= 0.6 is 0 Å². The van der Waals surface area contributed by atoms with Crippen LogP contribution in [0.5, 0.6) is 0 Å². The maximum absolute atomic E-state index is 11.8. The molecule has 1 atom stereocenters. The van der Waals surface area contributed by atoms with Crippen LogP contribution in [-0.2, 0) is 5.41 Å². The SMILES string of the molecule is CC(C)CC(O)CNC(=O)NCC(C)(C)c1ccncc1. The van der Waals surface area contributed by atoms with E-state index < -0.39 is 6.10 Å². The number of aliphatic hydroxyl groups is 1. The normalized spacial score (nSPS) is 13.0. The van der Waals surface area contributed by atoms with Gasteiger partial charge in [0, 0.05) is 30.9 Å². The number of amides is 2. The molecule has 5 heteroatoms. The molecule has 0 bridgehead atoms. The predicted molar refractivity (Wildman–Crippen MR) is 84.1 cm³/mol. The lowest BCUT2D eigenvalue weighted by molar-refractivity contribution is 0.146. The van der Waals surface area contributed by atoms with Gasteiger partial charge in [0.1, 0.15) is 0 Å². The third-order valence-corrected chi connectivity index (χ3v) is 3.39. The molecule has 1 heterocycles. The molecule has 0 aromatic carbocycles. The van der Waals surface area contributed by atoms with E-state index in [1.165, 1.54) is 0 Å². The highest BCUT2D eigenvalue weighted by molar-refractivity contribution is 5.74. The second-order valence-electron chi connectivity index (χ2n) is 6.47. The number of hydrogen-bond acceptors (Lipinski definition) is 3. The third kappa shape index (κ3) is 6.58. The first kappa shape index (κ1) is 17.4. The number of nitrogens with one attached hydrogen (secondary N) is 2. The predicted octanol–water partition coefficient (Wildman–Crippen LogP) is 2.07. The topological polar surface area (TPSA) is 74.2 Å². The van der Waals surface area contributed by atoms with Crippen molar-refractivity contribution >= 4 is 6.03 Å². The molecule has 0 radical (unpaired) electrons. The van der Waals surface area contributed by atoms with Crippen molar-refractivity contribution in [3.8, 4) is 0 Å². The van der Waals surface area contributed by atoms with E-state index in [9.17, 15) is 9.90 Å². The number of aliphatic hydroxyl groups excluding tert-OH is 1. The first-order chi connectivity index (χ1) is 9.81. The van der Waals surface area contributed by atoms with Gasteiger partial charge in [-0.2, -0.15) is 0 Å². The minimum absolute atomic E-state index is 0.170. The molecule has 3 N–H and O–H groups in total. The Morgan fingerprint density at radius 2 is 1.90 bits per heavy atom. The molecule has 21 heavy (non-hydrogen) atoms. The van der Waals surface area contributed by atoms with Crippen molar-refractivity contribution < 1.29 is 9.90 Å². The molecule has 0 saturated carbocycles. The number of carbonyl (C=O) groups excluding carboxylic acids is 1. The lowest BCUT2D eigenvalue weighted by Crippen LogP contribution is -2.44. The summed E-state index contributed by atoms with van der Waals surface area (Å²) in [5.41, 5.74) is 0.953. The molecule has 0 saturated heterocycles. The molecular weight excluding hydrogens is 266 g/mol. The quantitative estimate of drug-likeness (QED) is 0.720. The van der Waals surface area contributed by atoms with Crippen LogP contribution in [0.15, 0.2) is 24.5 Å². The van der Waals surface area contributed by atoms with Crippen molar-refractivity contribution in [3.63, 3.8) is 0 Å². The Bertz CT molecular complexity index is 432. The zero-order valence-corrected chi connectivity index (χ0v) is 13.4. The van der Waals surface area contributed by atoms with Gasteiger partial charge in [-0.25, -0.2) is 4.79 Å². The number of rotatable bonds is 7. The van der Waals surface area contributed by atoms with Crippen LogP contribution < -0.4 is 10.6 Å². The molecule has 5 nitrogen and oxygen atoms in total. The van der Waals surface area contributed by atoms with Crippen molar-refractivity contribution in [3.05, 3.63) is 30.1 Å². The average molecular weight is 293 g/mol. The monoisotopic (exact) mass is 293 g/mol. The molecule has 1 unspecified atom stereocenters. The highest BCUT2D eigenvalue weighted by Crippen LogP contribution is 2.20. The largest absolute Gasteiger partial charge is 0.391 e. The molecule has 0 fully saturated rings. The van der Waals surface area contributed by atoms with Crippen LogP contribution in [0.4, 0.5) is 4.79 Å². The van der Waals surface area contributed by atoms with E-state index in [2.05, 4.69) is 29.5 Å². The first-order valence-corrected chi connectivity index (χ1v) is 7.41. The summed E-state index contributed by atoms with van der Waals surface area (Å²) in [6, 6.07) is 3.65. The van der Waals surface area contributed by atoms with Crippen LogP contribution in [0.1, 0.15) is 39.7 Å². The molecule has 0 aliphatic heterocycles. The van der Waals surface area contributed by atoms with Crippen molar-refractivity contribution in [2.45, 2.75) is 45.6 Å². The Hall–Kier alpha value is -1.62. The molecule has 118 valence electrons. The van der Waals surface area contributed by atoms with Gasteiger partial charge in [-0.3, -0.25) is 4.98 Å². The molecular formula is C16H27N3O2. The number of pyridine rings is 1. The van der Waals surface area contributed by atoms with Crippen LogP contribution in [-0.4, -0.2) is 35.3 Å². The van der Waals surface area contributed by atoms with Crippen LogP contribution in [0.25, 0.3) is 0 Å². The van der Waals surface area contributed by atoms with Gasteiger partial charge >= 0.3 is 6.03 Å². The molecule has 0 aliphatic carbocycles. The van der Waals surface area contributed by atoms with Gasteiger partial charge in [-0.05, 0) is 30.0 Å². The smallest absolute Gasteiger partial charge is 0.314 e. The van der Waals surface area contributed by atoms with Crippen LogP contribution in [0.2, 0.25) is 0 Å². The minimum atomic E-state index is -0.496. The summed E-state index contributed by atoms with van der Waals surface area (Å²) < 4.78 is 0. The summed E-state index contributed by atoms with van der Waals surface area (Å²) in [6.45, 7) is 9.01. The van der Waals surface area contributed by atoms with Crippen LogP contribution in [0, 0.1) is 5.92 Å². The summed E-state index contributed by atoms with van der Waals surface area (Å²) in [5.74, 6) is 0.412. The molecule has 2 amide bonds. The van der Waals surface area contributed by atoms with E-state index in [0.29, 0.717) is 18.9 Å². The van der Waals surface area contributed by atoms with Crippen molar-refractivity contribution in [1.82, 2.24) is 15.6 Å². The highest BCUT2D eigenvalue weighted by atomic mass is 16.3. The third-order valence-electron chi connectivity index (χ3n) is 3.39. The molecule has 1 rings (SSSR count). The number of urea groups is 1. The maximum Gasteiger partial charge on any atom is 0.314 e. The summed E-state index contributed by atoms with van der Waals surface area (Å²) in [7, 11) is 0. The fourth-order valence-corrected chi connectivity index (χ4v) is 2.11. The highest BCUT2D eigenvalue weighted by Gasteiger charge is 2.21. The summed E-state index contributed by atoms with van der Waals surface area (Å²) in [4.78, 5) is 15.8. The van der Waals surface area contributed by atoms with E-state index in [0.717, 1.165) is 5.56 Å².